The quantitative estimate of drug-likeness (QED) is 0.675. The summed E-state index contributed by atoms with van der Waals surface area (Å²) in [4.78, 5) is 0. The maximum absolute atomic E-state index is 3.87. The zero-order valence-corrected chi connectivity index (χ0v) is 13.2. The molecule has 0 unspecified atom stereocenters. The Kier molecular flexibility index (Phi) is 5.36. The van der Waals surface area contributed by atoms with E-state index in [0.29, 0.717) is 0 Å². The van der Waals surface area contributed by atoms with Gasteiger partial charge in [-0.25, -0.2) is 0 Å². The summed E-state index contributed by atoms with van der Waals surface area (Å²) >= 11 is 10.5. The number of halogens is 3. The standard InChI is InChI=1S/C11H12Br3N/c1-7(2)3-4-15-11-9(13)5-8(12)6-10(11)14/h5-6,15H,1,3-4H2,2H3. The molecule has 15 heavy (non-hydrogen) atoms. The third-order valence-electron chi connectivity index (χ3n) is 1.86. The van der Waals surface area contributed by atoms with E-state index in [1.54, 1.807) is 0 Å². The molecule has 0 aliphatic rings. The van der Waals surface area contributed by atoms with Crippen molar-refractivity contribution in [1.82, 2.24) is 0 Å². The molecule has 0 aromatic heterocycles. The summed E-state index contributed by atoms with van der Waals surface area (Å²) in [5.41, 5.74) is 2.27. The highest BCUT2D eigenvalue weighted by Crippen LogP contribution is 2.34. The molecule has 1 rings (SSSR count). The predicted molar refractivity (Wildman–Crippen MR) is 77.5 cm³/mol. The van der Waals surface area contributed by atoms with Gasteiger partial charge >= 0.3 is 0 Å². The number of hydrogen-bond acceptors (Lipinski definition) is 1. The topological polar surface area (TPSA) is 12.0 Å². The van der Waals surface area contributed by atoms with Crippen LogP contribution >= 0.6 is 47.8 Å². The second-order valence-electron chi connectivity index (χ2n) is 3.38. The fourth-order valence-electron chi connectivity index (χ4n) is 1.11. The van der Waals surface area contributed by atoms with Crippen LogP contribution in [0.25, 0.3) is 0 Å². The number of benzene rings is 1. The van der Waals surface area contributed by atoms with Gasteiger partial charge < -0.3 is 5.32 Å². The van der Waals surface area contributed by atoms with Crippen molar-refractivity contribution in [3.05, 3.63) is 37.7 Å². The van der Waals surface area contributed by atoms with Gasteiger partial charge in [0, 0.05) is 20.0 Å². The van der Waals surface area contributed by atoms with Crippen molar-refractivity contribution in [3.63, 3.8) is 0 Å². The van der Waals surface area contributed by atoms with Crippen LogP contribution in [0.3, 0.4) is 0 Å². The van der Waals surface area contributed by atoms with Gasteiger partial charge in [0.25, 0.3) is 0 Å². The average molecular weight is 398 g/mol. The Balaban J connectivity index is 2.72. The summed E-state index contributed by atoms with van der Waals surface area (Å²) in [6, 6.07) is 4.04. The molecule has 0 fully saturated rings. The summed E-state index contributed by atoms with van der Waals surface area (Å²) in [5.74, 6) is 0. The lowest BCUT2D eigenvalue weighted by molar-refractivity contribution is 1.000. The molecule has 1 aromatic carbocycles. The van der Waals surface area contributed by atoms with Crippen LogP contribution in [0.5, 0.6) is 0 Å². The van der Waals surface area contributed by atoms with Crippen molar-refractivity contribution in [3.8, 4) is 0 Å². The molecule has 1 N–H and O–H groups in total. The third kappa shape index (κ3) is 4.29. The van der Waals surface area contributed by atoms with Crippen molar-refractivity contribution in [1.29, 1.82) is 0 Å². The van der Waals surface area contributed by atoms with Gasteiger partial charge in [0.1, 0.15) is 0 Å². The lowest BCUT2D eigenvalue weighted by Crippen LogP contribution is -2.03. The minimum Gasteiger partial charge on any atom is -0.383 e. The van der Waals surface area contributed by atoms with Gasteiger partial charge in [-0.15, -0.1) is 6.58 Å². The van der Waals surface area contributed by atoms with E-state index >= 15 is 0 Å². The first-order chi connectivity index (χ1) is 7.00. The number of anilines is 1. The zero-order chi connectivity index (χ0) is 11.4. The van der Waals surface area contributed by atoms with Crippen LogP contribution in [0, 0.1) is 0 Å². The Morgan fingerprint density at radius 2 is 1.80 bits per heavy atom. The minimum atomic E-state index is 0.897. The number of rotatable bonds is 4. The van der Waals surface area contributed by atoms with Crippen LogP contribution in [0.1, 0.15) is 13.3 Å². The highest BCUT2D eigenvalue weighted by molar-refractivity contribution is 9.11. The highest BCUT2D eigenvalue weighted by Gasteiger charge is 2.05. The van der Waals surface area contributed by atoms with Crippen LogP contribution in [0.4, 0.5) is 5.69 Å². The Morgan fingerprint density at radius 1 is 1.27 bits per heavy atom. The molecule has 0 atom stereocenters. The van der Waals surface area contributed by atoms with E-state index in [-0.39, 0.29) is 0 Å². The first kappa shape index (κ1) is 13.3. The molecule has 0 amide bonds. The molecule has 0 radical (unpaired) electrons. The molecule has 0 saturated carbocycles. The van der Waals surface area contributed by atoms with E-state index in [0.717, 1.165) is 32.1 Å². The van der Waals surface area contributed by atoms with Gasteiger partial charge in [-0.05, 0) is 57.3 Å². The van der Waals surface area contributed by atoms with E-state index in [4.69, 9.17) is 0 Å². The van der Waals surface area contributed by atoms with Gasteiger partial charge in [-0.1, -0.05) is 21.5 Å². The molecule has 0 spiro atoms. The second kappa shape index (κ2) is 6.06. The van der Waals surface area contributed by atoms with Crippen molar-refractivity contribution >= 4 is 53.5 Å². The van der Waals surface area contributed by atoms with Crippen molar-refractivity contribution in [2.75, 3.05) is 11.9 Å². The van der Waals surface area contributed by atoms with Gasteiger partial charge in [0.2, 0.25) is 0 Å². The average Bonchev–Trinajstić information content (AvgIpc) is 2.08. The smallest absolute Gasteiger partial charge is 0.0629 e. The van der Waals surface area contributed by atoms with Crippen LogP contribution in [0.15, 0.2) is 37.7 Å². The molecule has 82 valence electrons. The van der Waals surface area contributed by atoms with Crippen LogP contribution in [-0.4, -0.2) is 6.54 Å². The molecule has 0 aliphatic heterocycles. The van der Waals surface area contributed by atoms with Crippen LogP contribution in [-0.2, 0) is 0 Å². The molecule has 0 bridgehead atoms. The normalized spacial score (nSPS) is 10.1. The molecule has 0 heterocycles. The molecular formula is C11H12Br3N. The summed E-state index contributed by atoms with van der Waals surface area (Å²) in [6.07, 6.45) is 0.981. The third-order valence-corrected chi connectivity index (χ3v) is 3.57. The van der Waals surface area contributed by atoms with Gasteiger partial charge in [-0.3, -0.25) is 0 Å². The second-order valence-corrected chi connectivity index (χ2v) is 6.00. The van der Waals surface area contributed by atoms with E-state index in [1.165, 1.54) is 5.57 Å². The maximum Gasteiger partial charge on any atom is 0.0629 e. The Morgan fingerprint density at radius 3 is 2.27 bits per heavy atom. The largest absolute Gasteiger partial charge is 0.383 e. The van der Waals surface area contributed by atoms with Gasteiger partial charge in [-0.2, -0.15) is 0 Å². The van der Waals surface area contributed by atoms with Gasteiger partial charge in [0.15, 0.2) is 0 Å². The van der Waals surface area contributed by atoms with Crippen LogP contribution in [0.2, 0.25) is 0 Å². The fourth-order valence-corrected chi connectivity index (χ4v) is 3.65. The maximum atomic E-state index is 3.87. The summed E-state index contributed by atoms with van der Waals surface area (Å²) in [6.45, 7) is 6.81. The molecular weight excluding hydrogens is 386 g/mol. The monoisotopic (exact) mass is 395 g/mol. The minimum absolute atomic E-state index is 0.897. The van der Waals surface area contributed by atoms with E-state index in [1.807, 2.05) is 19.1 Å². The van der Waals surface area contributed by atoms with E-state index in [2.05, 4.69) is 59.7 Å². The first-order valence-electron chi connectivity index (χ1n) is 4.53. The first-order valence-corrected chi connectivity index (χ1v) is 6.91. The van der Waals surface area contributed by atoms with E-state index in [9.17, 15) is 0 Å². The van der Waals surface area contributed by atoms with Gasteiger partial charge in [0.05, 0.1) is 5.69 Å². The lowest BCUT2D eigenvalue weighted by atomic mass is 10.2. The van der Waals surface area contributed by atoms with Crippen molar-refractivity contribution in [2.24, 2.45) is 0 Å². The Bertz CT molecular complexity index is 351. The molecule has 0 saturated heterocycles. The Labute approximate surface area is 116 Å². The van der Waals surface area contributed by atoms with Crippen LogP contribution < -0.4 is 5.32 Å². The zero-order valence-electron chi connectivity index (χ0n) is 8.41. The predicted octanol–water partition coefficient (Wildman–Crippen LogP) is 5.35. The molecule has 0 aliphatic carbocycles. The summed E-state index contributed by atoms with van der Waals surface area (Å²) < 4.78 is 3.14. The fraction of sp³-hybridized carbons (Fsp3) is 0.273. The summed E-state index contributed by atoms with van der Waals surface area (Å²) in [7, 11) is 0. The molecule has 4 heteroatoms. The van der Waals surface area contributed by atoms with Crippen molar-refractivity contribution in [2.45, 2.75) is 13.3 Å². The summed E-state index contributed by atoms with van der Waals surface area (Å²) in [5, 5.41) is 3.36. The lowest BCUT2D eigenvalue weighted by Gasteiger charge is -2.11. The molecule has 1 nitrogen and oxygen atoms in total. The molecule has 1 aromatic rings. The Hall–Kier alpha value is 0.200. The number of nitrogens with one attached hydrogen (secondary N) is 1. The SMILES string of the molecule is C=C(C)CCNc1c(Br)cc(Br)cc1Br. The number of hydrogen-bond donors (Lipinski definition) is 1. The van der Waals surface area contributed by atoms with E-state index < -0.39 is 0 Å². The highest BCUT2D eigenvalue weighted by atomic mass is 79.9. The van der Waals surface area contributed by atoms with Crippen molar-refractivity contribution < 1.29 is 0 Å².